The van der Waals surface area contributed by atoms with Crippen molar-refractivity contribution in [3.8, 4) is 0 Å². The van der Waals surface area contributed by atoms with Gasteiger partial charge >= 0.3 is 0 Å². The maximum absolute atomic E-state index is 12.4. The average molecular weight is 372 g/mol. The third-order valence-corrected chi connectivity index (χ3v) is 4.09. The fourth-order valence-electron chi connectivity index (χ4n) is 2.72. The van der Waals surface area contributed by atoms with Crippen molar-refractivity contribution < 1.29 is 19.4 Å². The summed E-state index contributed by atoms with van der Waals surface area (Å²) < 4.78 is 5.30. The molecule has 1 amide bonds. The average Bonchev–Trinajstić information content (AvgIpc) is 2.68. The van der Waals surface area contributed by atoms with Gasteiger partial charge in [-0.3, -0.25) is 25.0 Å². The van der Waals surface area contributed by atoms with E-state index in [4.69, 9.17) is 4.74 Å². The standard InChI is InChI=1S/C17H16N4O6/c22-17(12-9-15(20(23)24)11-16(10-12)21(25)26)18-13-1-3-14(4-2-13)19-5-7-27-8-6-19/h1-4,9-11H,5-8H2,(H,18,22). The third kappa shape index (κ3) is 4.36. The highest BCUT2D eigenvalue weighted by Crippen LogP contribution is 2.24. The highest BCUT2D eigenvalue weighted by Gasteiger charge is 2.20. The lowest BCUT2D eigenvalue weighted by molar-refractivity contribution is -0.394. The molecule has 2 aromatic rings. The van der Waals surface area contributed by atoms with E-state index in [2.05, 4.69) is 10.2 Å². The van der Waals surface area contributed by atoms with Crippen molar-refractivity contribution in [2.24, 2.45) is 0 Å². The molecular formula is C17H16N4O6. The number of nitrogens with one attached hydrogen (secondary N) is 1. The van der Waals surface area contributed by atoms with E-state index in [9.17, 15) is 25.0 Å². The number of rotatable bonds is 5. The summed E-state index contributed by atoms with van der Waals surface area (Å²) >= 11 is 0. The van der Waals surface area contributed by atoms with E-state index in [1.165, 1.54) is 0 Å². The SMILES string of the molecule is O=C(Nc1ccc(N2CCOCC2)cc1)c1cc([N+](=O)[O-])cc([N+](=O)[O-])c1. The number of morpholine rings is 1. The number of hydrogen-bond donors (Lipinski definition) is 1. The second-order valence-corrected chi connectivity index (χ2v) is 5.85. The number of nitrogens with zero attached hydrogens (tertiary/aromatic N) is 3. The molecular weight excluding hydrogens is 356 g/mol. The second kappa shape index (κ2) is 7.79. The minimum absolute atomic E-state index is 0.159. The first kappa shape index (κ1) is 18.3. The van der Waals surface area contributed by atoms with Gasteiger partial charge in [-0.25, -0.2) is 0 Å². The summed E-state index contributed by atoms with van der Waals surface area (Å²) in [6.45, 7) is 2.88. The molecule has 0 radical (unpaired) electrons. The van der Waals surface area contributed by atoms with Gasteiger partial charge in [-0.1, -0.05) is 0 Å². The number of amides is 1. The minimum Gasteiger partial charge on any atom is -0.378 e. The molecule has 10 nitrogen and oxygen atoms in total. The molecule has 1 N–H and O–H groups in total. The fraction of sp³-hybridized carbons (Fsp3) is 0.235. The van der Waals surface area contributed by atoms with Crippen molar-refractivity contribution in [1.29, 1.82) is 0 Å². The maximum Gasteiger partial charge on any atom is 0.277 e. The molecule has 0 saturated carbocycles. The molecule has 1 heterocycles. The van der Waals surface area contributed by atoms with Gasteiger partial charge in [0.05, 0.1) is 34.7 Å². The Kier molecular flexibility index (Phi) is 5.27. The van der Waals surface area contributed by atoms with Crippen LogP contribution in [0, 0.1) is 20.2 Å². The Bertz CT molecular complexity index is 845. The largest absolute Gasteiger partial charge is 0.378 e. The molecule has 27 heavy (non-hydrogen) atoms. The zero-order valence-corrected chi connectivity index (χ0v) is 14.2. The molecule has 0 aromatic heterocycles. The van der Waals surface area contributed by atoms with Gasteiger partial charge in [-0.2, -0.15) is 0 Å². The van der Waals surface area contributed by atoms with Crippen LogP contribution in [0.1, 0.15) is 10.4 Å². The predicted octanol–water partition coefficient (Wildman–Crippen LogP) is 2.59. The number of nitro benzene ring substituents is 2. The number of non-ortho nitro benzene ring substituents is 2. The Morgan fingerprint density at radius 1 is 0.963 bits per heavy atom. The van der Waals surface area contributed by atoms with Crippen molar-refractivity contribution in [3.05, 3.63) is 68.3 Å². The number of anilines is 2. The van der Waals surface area contributed by atoms with E-state index < -0.39 is 27.1 Å². The summed E-state index contributed by atoms with van der Waals surface area (Å²) in [7, 11) is 0. The third-order valence-electron chi connectivity index (χ3n) is 4.09. The van der Waals surface area contributed by atoms with Crippen molar-refractivity contribution in [2.75, 3.05) is 36.5 Å². The molecule has 1 aliphatic rings. The quantitative estimate of drug-likeness (QED) is 0.631. The molecule has 0 aliphatic carbocycles. The zero-order valence-electron chi connectivity index (χ0n) is 14.2. The number of hydrogen-bond acceptors (Lipinski definition) is 7. The molecule has 1 fully saturated rings. The van der Waals surface area contributed by atoms with Crippen molar-refractivity contribution in [3.63, 3.8) is 0 Å². The van der Waals surface area contributed by atoms with Crippen LogP contribution >= 0.6 is 0 Å². The van der Waals surface area contributed by atoms with E-state index in [0.717, 1.165) is 37.0 Å². The van der Waals surface area contributed by atoms with E-state index in [-0.39, 0.29) is 5.56 Å². The van der Waals surface area contributed by atoms with Gasteiger partial charge in [-0.05, 0) is 24.3 Å². The van der Waals surface area contributed by atoms with Gasteiger partial charge in [-0.15, -0.1) is 0 Å². The van der Waals surface area contributed by atoms with Gasteiger partial charge in [0.15, 0.2) is 0 Å². The number of nitro groups is 2. The monoisotopic (exact) mass is 372 g/mol. The smallest absolute Gasteiger partial charge is 0.277 e. The summed E-state index contributed by atoms with van der Waals surface area (Å²) in [4.78, 5) is 34.8. The Labute approximate surface area is 153 Å². The normalized spacial score (nSPS) is 13.9. The van der Waals surface area contributed by atoms with Crippen molar-refractivity contribution in [2.45, 2.75) is 0 Å². The molecule has 0 bridgehead atoms. The van der Waals surface area contributed by atoms with Gasteiger partial charge in [0.1, 0.15) is 0 Å². The summed E-state index contributed by atoms with van der Waals surface area (Å²) in [6, 6.07) is 9.92. The highest BCUT2D eigenvalue weighted by molar-refractivity contribution is 6.05. The lowest BCUT2D eigenvalue weighted by Gasteiger charge is -2.28. The van der Waals surface area contributed by atoms with E-state index in [0.29, 0.717) is 18.9 Å². The fourth-order valence-corrected chi connectivity index (χ4v) is 2.72. The summed E-state index contributed by atoms with van der Waals surface area (Å²) in [5.74, 6) is -0.666. The molecule has 1 aliphatic heterocycles. The topological polar surface area (TPSA) is 128 Å². The Morgan fingerprint density at radius 3 is 2.04 bits per heavy atom. The van der Waals surface area contributed by atoms with Gasteiger partial charge in [0.25, 0.3) is 17.3 Å². The molecule has 3 rings (SSSR count). The summed E-state index contributed by atoms with van der Waals surface area (Å²) in [6.07, 6.45) is 0. The lowest BCUT2D eigenvalue weighted by Crippen LogP contribution is -2.36. The van der Waals surface area contributed by atoms with Gasteiger partial charge in [0, 0.05) is 36.6 Å². The zero-order chi connectivity index (χ0) is 19.4. The van der Waals surface area contributed by atoms with E-state index in [1.54, 1.807) is 12.1 Å². The maximum atomic E-state index is 12.4. The molecule has 1 saturated heterocycles. The Morgan fingerprint density at radius 2 is 1.52 bits per heavy atom. The molecule has 0 spiro atoms. The van der Waals surface area contributed by atoms with Gasteiger partial charge < -0.3 is 15.0 Å². The first-order chi connectivity index (χ1) is 12.9. The highest BCUT2D eigenvalue weighted by atomic mass is 16.6. The second-order valence-electron chi connectivity index (χ2n) is 5.85. The molecule has 2 aromatic carbocycles. The summed E-state index contributed by atoms with van der Waals surface area (Å²) in [5.41, 5.74) is 0.274. The number of carbonyl (C=O) groups is 1. The Hall–Kier alpha value is -3.53. The minimum atomic E-state index is -0.777. The van der Waals surface area contributed by atoms with Crippen LogP contribution in [0.5, 0.6) is 0 Å². The molecule has 140 valence electrons. The van der Waals surface area contributed by atoms with Crippen LogP contribution < -0.4 is 10.2 Å². The van der Waals surface area contributed by atoms with Crippen LogP contribution in [-0.4, -0.2) is 42.1 Å². The first-order valence-electron chi connectivity index (χ1n) is 8.12. The van der Waals surface area contributed by atoms with Crippen molar-refractivity contribution in [1.82, 2.24) is 0 Å². The van der Waals surface area contributed by atoms with Crippen LogP contribution in [0.25, 0.3) is 0 Å². The van der Waals surface area contributed by atoms with Crippen molar-refractivity contribution >= 4 is 28.7 Å². The van der Waals surface area contributed by atoms with Crippen LogP contribution in [-0.2, 0) is 4.74 Å². The first-order valence-corrected chi connectivity index (χ1v) is 8.12. The summed E-state index contributed by atoms with van der Waals surface area (Å²) in [5, 5.41) is 24.5. The molecule has 0 unspecified atom stereocenters. The van der Waals surface area contributed by atoms with Crippen LogP contribution in [0.2, 0.25) is 0 Å². The lowest BCUT2D eigenvalue weighted by atomic mass is 10.1. The Balaban J connectivity index is 1.76. The van der Waals surface area contributed by atoms with Crippen LogP contribution in [0.15, 0.2) is 42.5 Å². The number of carbonyl (C=O) groups excluding carboxylic acids is 1. The predicted molar refractivity (Wildman–Crippen MR) is 97.2 cm³/mol. The molecule has 10 heteroatoms. The number of ether oxygens (including phenoxy) is 1. The van der Waals surface area contributed by atoms with E-state index in [1.807, 2.05) is 12.1 Å². The van der Waals surface area contributed by atoms with Gasteiger partial charge in [0.2, 0.25) is 0 Å². The van der Waals surface area contributed by atoms with E-state index >= 15 is 0 Å². The van der Waals surface area contributed by atoms with Crippen LogP contribution in [0.4, 0.5) is 22.7 Å². The number of benzene rings is 2. The van der Waals surface area contributed by atoms with Crippen LogP contribution in [0.3, 0.4) is 0 Å². The molecule has 0 atom stereocenters.